The molecule has 3 heterocycles. The number of amides is 1. The minimum absolute atomic E-state index is 0.138. The van der Waals surface area contributed by atoms with E-state index in [4.69, 9.17) is 10.5 Å². The summed E-state index contributed by atoms with van der Waals surface area (Å²) in [6.07, 6.45) is 5.45. The van der Waals surface area contributed by atoms with Crippen LogP contribution in [-0.2, 0) is 11.3 Å². The molecule has 1 aromatic heterocycles. The number of carbonyl (C=O) groups excluding carboxylic acids is 1. The molecule has 132 valence electrons. The molecule has 1 spiro atoms. The summed E-state index contributed by atoms with van der Waals surface area (Å²) in [7, 11) is 0. The van der Waals surface area contributed by atoms with Crippen LogP contribution in [0.15, 0.2) is 18.3 Å². The summed E-state index contributed by atoms with van der Waals surface area (Å²) in [6, 6.07) is 4.20. The van der Waals surface area contributed by atoms with E-state index in [9.17, 15) is 4.79 Å². The Labute approximate surface area is 144 Å². The quantitative estimate of drug-likeness (QED) is 0.897. The van der Waals surface area contributed by atoms with E-state index in [1.807, 2.05) is 17.0 Å². The predicted octanol–water partition coefficient (Wildman–Crippen LogP) is 2.64. The summed E-state index contributed by atoms with van der Waals surface area (Å²) in [5.41, 5.74) is 6.71. The Morgan fingerprint density at radius 2 is 2.17 bits per heavy atom. The molecule has 2 saturated heterocycles. The Morgan fingerprint density at radius 3 is 2.83 bits per heavy atom. The third kappa shape index (κ3) is 3.48. The molecule has 0 bridgehead atoms. The van der Waals surface area contributed by atoms with Crippen LogP contribution in [0.25, 0.3) is 0 Å². The summed E-state index contributed by atoms with van der Waals surface area (Å²) >= 11 is 0. The Hall–Kier alpha value is -1.82. The van der Waals surface area contributed by atoms with Gasteiger partial charge in [-0.15, -0.1) is 0 Å². The van der Waals surface area contributed by atoms with E-state index >= 15 is 0 Å². The fourth-order valence-electron chi connectivity index (χ4n) is 3.76. The van der Waals surface area contributed by atoms with Crippen LogP contribution in [0.1, 0.15) is 45.1 Å². The highest BCUT2D eigenvalue weighted by molar-refractivity contribution is 5.71. The van der Waals surface area contributed by atoms with Crippen molar-refractivity contribution in [3.63, 3.8) is 0 Å². The highest BCUT2D eigenvalue weighted by Gasteiger charge is 2.47. The first-order chi connectivity index (χ1) is 11.5. The molecule has 3 rings (SSSR count). The fraction of sp³-hybridized carbons (Fsp3) is 0.667. The van der Waals surface area contributed by atoms with Gasteiger partial charge in [0.2, 0.25) is 0 Å². The SMILES string of the molecule is CCCC(C)N1CC2(CCN(Cc3cccnc3N)CC2)OC1=O. The number of nitrogens with zero attached hydrogens (tertiary/aromatic N) is 3. The zero-order chi connectivity index (χ0) is 17.2. The third-order valence-electron chi connectivity index (χ3n) is 5.32. The first-order valence-corrected chi connectivity index (χ1v) is 8.94. The van der Waals surface area contributed by atoms with E-state index in [1.54, 1.807) is 6.20 Å². The molecule has 1 unspecified atom stereocenters. The lowest BCUT2D eigenvalue weighted by molar-refractivity contribution is -0.00128. The average Bonchev–Trinajstić information content (AvgIpc) is 2.89. The monoisotopic (exact) mass is 332 g/mol. The Morgan fingerprint density at radius 1 is 1.42 bits per heavy atom. The molecule has 0 aliphatic carbocycles. The Balaban J connectivity index is 1.57. The normalized spacial score (nSPS) is 21.9. The lowest BCUT2D eigenvalue weighted by Gasteiger charge is -2.37. The second-order valence-electron chi connectivity index (χ2n) is 7.14. The number of hydrogen-bond acceptors (Lipinski definition) is 5. The van der Waals surface area contributed by atoms with Gasteiger partial charge in [0.15, 0.2) is 0 Å². The van der Waals surface area contributed by atoms with Crippen molar-refractivity contribution >= 4 is 11.9 Å². The molecule has 6 nitrogen and oxygen atoms in total. The van der Waals surface area contributed by atoms with Gasteiger partial charge < -0.3 is 15.4 Å². The molecule has 2 N–H and O–H groups in total. The topological polar surface area (TPSA) is 71.7 Å². The van der Waals surface area contributed by atoms with Crippen molar-refractivity contribution < 1.29 is 9.53 Å². The van der Waals surface area contributed by atoms with Gasteiger partial charge in [-0.1, -0.05) is 19.4 Å². The molecule has 1 atom stereocenters. The zero-order valence-corrected chi connectivity index (χ0v) is 14.7. The number of aromatic nitrogens is 1. The molecule has 2 fully saturated rings. The Kier molecular flexibility index (Phi) is 4.94. The zero-order valence-electron chi connectivity index (χ0n) is 14.7. The molecule has 24 heavy (non-hydrogen) atoms. The van der Waals surface area contributed by atoms with Crippen molar-refractivity contribution in [1.82, 2.24) is 14.8 Å². The third-order valence-corrected chi connectivity index (χ3v) is 5.32. The van der Waals surface area contributed by atoms with Crippen molar-refractivity contribution in [2.45, 2.75) is 57.7 Å². The molecule has 2 aliphatic heterocycles. The van der Waals surface area contributed by atoms with E-state index in [1.165, 1.54) is 0 Å². The van der Waals surface area contributed by atoms with Gasteiger partial charge in [-0.2, -0.15) is 0 Å². The number of pyridine rings is 1. The summed E-state index contributed by atoms with van der Waals surface area (Å²) in [4.78, 5) is 20.7. The van der Waals surface area contributed by atoms with Gasteiger partial charge in [-0.05, 0) is 19.4 Å². The van der Waals surface area contributed by atoms with Crippen LogP contribution in [-0.4, -0.2) is 52.2 Å². The number of nitrogens with two attached hydrogens (primary N) is 1. The second-order valence-corrected chi connectivity index (χ2v) is 7.14. The summed E-state index contributed by atoms with van der Waals surface area (Å²) in [5, 5.41) is 0. The van der Waals surface area contributed by atoms with Gasteiger partial charge in [-0.3, -0.25) is 4.90 Å². The van der Waals surface area contributed by atoms with E-state index in [0.717, 1.165) is 57.4 Å². The highest BCUT2D eigenvalue weighted by Crippen LogP contribution is 2.35. The van der Waals surface area contributed by atoms with Crippen molar-refractivity contribution in [3.8, 4) is 0 Å². The predicted molar refractivity (Wildman–Crippen MR) is 93.4 cm³/mol. The maximum absolute atomic E-state index is 12.2. The van der Waals surface area contributed by atoms with Crippen LogP contribution >= 0.6 is 0 Å². The molecule has 1 aromatic rings. The Bertz CT molecular complexity index is 584. The maximum Gasteiger partial charge on any atom is 0.410 e. The number of hydrogen-bond donors (Lipinski definition) is 1. The molecular formula is C18H28N4O2. The van der Waals surface area contributed by atoms with Gasteiger partial charge in [0, 0.05) is 50.3 Å². The highest BCUT2D eigenvalue weighted by atomic mass is 16.6. The van der Waals surface area contributed by atoms with Gasteiger partial charge in [0.1, 0.15) is 11.4 Å². The first kappa shape index (κ1) is 17.0. The van der Waals surface area contributed by atoms with Gasteiger partial charge in [0.25, 0.3) is 0 Å². The molecule has 2 aliphatic rings. The minimum atomic E-state index is -0.296. The maximum atomic E-state index is 12.2. The van der Waals surface area contributed by atoms with E-state index in [2.05, 4.69) is 23.7 Å². The van der Waals surface area contributed by atoms with E-state index < -0.39 is 0 Å². The summed E-state index contributed by atoms with van der Waals surface area (Å²) in [5.74, 6) is 0.602. The van der Waals surface area contributed by atoms with E-state index in [-0.39, 0.29) is 17.7 Å². The number of nitrogen functional groups attached to an aromatic ring is 1. The lowest BCUT2D eigenvalue weighted by atomic mass is 9.90. The van der Waals surface area contributed by atoms with Gasteiger partial charge >= 0.3 is 6.09 Å². The average molecular weight is 332 g/mol. The van der Waals surface area contributed by atoms with Crippen LogP contribution in [0.5, 0.6) is 0 Å². The van der Waals surface area contributed by atoms with Gasteiger partial charge in [0.05, 0.1) is 6.54 Å². The number of likely N-dealkylation sites (tertiary alicyclic amines) is 1. The summed E-state index contributed by atoms with van der Waals surface area (Å²) in [6.45, 7) is 7.63. The second kappa shape index (κ2) is 6.97. The van der Waals surface area contributed by atoms with Crippen LogP contribution in [0.2, 0.25) is 0 Å². The number of ether oxygens (including phenoxy) is 1. The molecule has 0 aromatic carbocycles. The number of piperidine rings is 1. The molecular weight excluding hydrogens is 304 g/mol. The standard InChI is InChI=1S/C18H28N4O2/c1-3-5-14(2)22-13-18(24-17(22)23)7-10-21(11-8-18)12-15-6-4-9-20-16(15)19/h4,6,9,14H,3,5,7-8,10-13H2,1-2H3,(H2,19,20). The van der Waals surface area contributed by atoms with Crippen molar-refractivity contribution in [3.05, 3.63) is 23.9 Å². The molecule has 0 saturated carbocycles. The van der Waals surface area contributed by atoms with Crippen molar-refractivity contribution in [2.75, 3.05) is 25.4 Å². The number of rotatable bonds is 5. The molecule has 1 amide bonds. The smallest absolute Gasteiger partial charge is 0.410 e. The van der Waals surface area contributed by atoms with Crippen molar-refractivity contribution in [1.29, 1.82) is 0 Å². The summed E-state index contributed by atoms with van der Waals surface area (Å²) < 4.78 is 5.82. The lowest BCUT2D eigenvalue weighted by Crippen LogP contribution is -2.47. The van der Waals surface area contributed by atoms with Crippen LogP contribution < -0.4 is 5.73 Å². The molecule has 6 heteroatoms. The first-order valence-electron chi connectivity index (χ1n) is 8.94. The van der Waals surface area contributed by atoms with Crippen LogP contribution in [0.4, 0.5) is 10.6 Å². The van der Waals surface area contributed by atoms with Gasteiger partial charge in [-0.25, -0.2) is 9.78 Å². The van der Waals surface area contributed by atoms with Crippen LogP contribution in [0.3, 0.4) is 0 Å². The van der Waals surface area contributed by atoms with Crippen molar-refractivity contribution in [2.24, 2.45) is 0 Å². The molecule has 0 radical (unpaired) electrons. The fourth-order valence-corrected chi connectivity index (χ4v) is 3.76. The largest absolute Gasteiger partial charge is 0.441 e. The number of anilines is 1. The number of carbonyl (C=O) groups is 1. The minimum Gasteiger partial charge on any atom is -0.441 e. The van der Waals surface area contributed by atoms with E-state index in [0.29, 0.717) is 5.82 Å². The van der Waals surface area contributed by atoms with Crippen LogP contribution in [0, 0.1) is 0 Å².